The Hall–Kier alpha value is -1.06. The summed E-state index contributed by atoms with van der Waals surface area (Å²) in [5, 5.41) is 3.62. The molecule has 0 aliphatic carbocycles. The molecule has 1 aliphatic heterocycles. The van der Waals surface area contributed by atoms with Crippen LogP contribution in [0.5, 0.6) is 5.75 Å². The van der Waals surface area contributed by atoms with Crippen LogP contribution in [0, 0.1) is 0 Å². The van der Waals surface area contributed by atoms with Gasteiger partial charge in [0.1, 0.15) is 5.75 Å². The molecular formula is C18H29NO2. The predicted molar refractivity (Wildman–Crippen MR) is 87.1 cm³/mol. The van der Waals surface area contributed by atoms with Crippen molar-refractivity contribution in [3.8, 4) is 5.75 Å². The molecule has 3 heteroatoms. The summed E-state index contributed by atoms with van der Waals surface area (Å²) in [6.45, 7) is 11.1. The second-order valence-electron chi connectivity index (χ2n) is 6.25. The summed E-state index contributed by atoms with van der Waals surface area (Å²) < 4.78 is 11.8. The first-order chi connectivity index (χ1) is 10.1. The Balaban J connectivity index is 2.14. The lowest BCUT2D eigenvalue weighted by Gasteiger charge is -2.38. The van der Waals surface area contributed by atoms with Crippen molar-refractivity contribution in [3.05, 3.63) is 29.8 Å². The molecule has 1 aromatic carbocycles. The van der Waals surface area contributed by atoms with Gasteiger partial charge < -0.3 is 14.8 Å². The standard InChI is InChI=1S/C18H29NO2/c1-5-19-17(18(3,4)21-6-2)13-14-11-12-20-16-10-8-7-9-15(14)16/h7-10,14,17,19H,5-6,11-13H2,1-4H3. The van der Waals surface area contributed by atoms with Gasteiger partial charge in [-0.25, -0.2) is 0 Å². The highest BCUT2D eigenvalue weighted by Crippen LogP contribution is 2.37. The van der Waals surface area contributed by atoms with E-state index in [0.717, 1.165) is 38.3 Å². The van der Waals surface area contributed by atoms with E-state index in [9.17, 15) is 0 Å². The molecule has 0 radical (unpaired) electrons. The number of likely N-dealkylation sites (N-methyl/N-ethyl adjacent to an activating group) is 1. The molecule has 1 heterocycles. The average Bonchev–Trinajstić information content (AvgIpc) is 2.47. The molecule has 0 amide bonds. The molecule has 118 valence electrons. The molecule has 0 bridgehead atoms. The SMILES string of the molecule is CCNC(CC1CCOc2ccccc21)C(C)(C)OCC. The minimum Gasteiger partial charge on any atom is -0.493 e. The van der Waals surface area contributed by atoms with E-state index in [-0.39, 0.29) is 5.60 Å². The third kappa shape index (κ3) is 3.98. The van der Waals surface area contributed by atoms with Gasteiger partial charge in [-0.2, -0.15) is 0 Å². The smallest absolute Gasteiger partial charge is 0.122 e. The van der Waals surface area contributed by atoms with E-state index in [1.165, 1.54) is 5.56 Å². The number of benzene rings is 1. The van der Waals surface area contributed by atoms with Crippen LogP contribution in [0.25, 0.3) is 0 Å². The third-order valence-corrected chi connectivity index (χ3v) is 4.41. The van der Waals surface area contributed by atoms with Crippen LogP contribution in [0.3, 0.4) is 0 Å². The Morgan fingerprint density at radius 1 is 1.33 bits per heavy atom. The predicted octanol–water partition coefficient (Wildman–Crippen LogP) is 3.74. The fraction of sp³-hybridized carbons (Fsp3) is 0.667. The van der Waals surface area contributed by atoms with E-state index in [1.807, 2.05) is 6.07 Å². The number of nitrogens with one attached hydrogen (secondary N) is 1. The highest BCUT2D eigenvalue weighted by Gasteiger charge is 2.33. The van der Waals surface area contributed by atoms with Crippen molar-refractivity contribution in [2.24, 2.45) is 0 Å². The van der Waals surface area contributed by atoms with Crippen LogP contribution in [0.15, 0.2) is 24.3 Å². The van der Waals surface area contributed by atoms with Crippen molar-refractivity contribution in [3.63, 3.8) is 0 Å². The summed E-state index contributed by atoms with van der Waals surface area (Å²) in [6.07, 6.45) is 2.17. The first-order valence-corrected chi connectivity index (χ1v) is 8.17. The molecule has 1 aliphatic rings. The van der Waals surface area contributed by atoms with Gasteiger partial charge >= 0.3 is 0 Å². The normalized spacial score (nSPS) is 19.7. The summed E-state index contributed by atoms with van der Waals surface area (Å²) in [7, 11) is 0. The minimum absolute atomic E-state index is 0.155. The summed E-state index contributed by atoms with van der Waals surface area (Å²) in [4.78, 5) is 0. The first kappa shape index (κ1) is 16.3. The molecule has 0 saturated carbocycles. The van der Waals surface area contributed by atoms with Crippen LogP contribution in [-0.2, 0) is 4.74 Å². The second-order valence-corrected chi connectivity index (χ2v) is 6.25. The second kappa shape index (κ2) is 7.28. The first-order valence-electron chi connectivity index (χ1n) is 8.17. The molecule has 21 heavy (non-hydrogen) atoms. The number of hydrogen-bond acceptors (Lipinski definition) is 3. The zero-order chi connectivity index (χ0) is 15.3. The molecule has 0 spiro atoms. The zero-order valence-corrected chi connectivity index (χ0v) is 13.8. The van der Waals surface area contributed by atoms with Gasteiger partial charge in [0.2, 0.25) is 0 Å². The quantitative estimate of drug-likeness (QED) is 0.830. The fourth-order valence-corrected chi connectivity index (χ4v) is 3.28. The largest absolute Gasteiger partial charge is 0.493 e. The highest BCUT2D eigenvalue weighted by molar-refractivity contribution is 5.37. The van der Waals surface area contributed by atoms with E-state index >= 15 is 0 Å². The number of ether oxygens (including phenoxy) is 2. The molecule has 0 aromatic heterocycles. The van der Waals surface area contributed by atoms with E-state index in [1.54, 1.807) is 0 Å². The van der Waals surface area contributed by atoms with Gasteiger partial charge in [0, 0.05) is 12.6 Å². The lowest BCUT2D eigenvalue weighted by molar-refractivity contribution is -0.0419. The van der Waals surface area contributed by atoms with E-state index < -0.39 is 0 Å². The van der Waals surface area contributed by atoms with Gasteiger partial charge in [0.05, 0.1) is 12.2 Å². The van der Waals surface area contributed by atoms with E-state index in [2.05, 4.69) is 51.2 Å². The fourth-order valence-electron chi connectivity index (χ4n) is 3.28. The van der Waals surface area contributed by atoms with Crippen LogP contribution in [0.1, 0.15) is 52.0 Å². The summed E-state index contributed by atoms with van der Waals surface area (Å²) in [5.74, 6) is 1.59. The third-order valence-electron chi connectivity index (χ3n) is 4.41. The van der Waals surface area contributed by atoms with Crippen LogP contribution < -0.4 is 10.1 Å². The number of para-hydroxylation sites is 1. The monoisotopic (exact) mass is 291 g/mol. The van der Waals surface area contributed by atoms with Crippen molar-refractivity contribution >= 4 is 0 Å². The van der Waals surface area contributed by atoms with Gasteiger partial charge in [-0.3, -0.25) is 0 Å². The maximum absolute atomic E-state index is 5.98. The maximum Gasteiger partial charge on any atom is 0.122 e. The highest BCUT2D eigenvalue weighted by atomic mass is 16.5. The van der Waals surface area contributed by atoms with E-state index in [0.29, 0.717) is 12.0 Å². The summed E-state index contributed by atoms with van der Waals surface area (Å²) in [5.41, 5.74) is 1.19. The van der Waals surface area contributed by atoms with Crippen molar-refractivity contribution in [2.75, 3.05) is 19.8 Å². The van der Waals surface area contributed by atoms with Crippen molar-refractivity contribution in [1.29, 1.82) is 0 Å². The number of fused-ring (bicyclic) bond motifs is 1. The van der Waals surface area contributed by atoms with Crippen LogP contribution in [0.2, 0.25) is 0 Å². The van der Waals surface area contributed by atoms with Gasteiger partial charge in [-0.05, 0) is 57.7 Å². The van der Waals surface area contributed by atoms with Gasteiger partial charge in [-0.15, -0.1) is 0 Å². The van der Waals surface area contributed by atoms with Crippen LogP contribution in [0.4, 0.5) is 0 Å². The Morgan fingerprint density at radius 2 is 2.10 bits per heavy atom. The average molecular weight is 291 g/mol. The molecule has 2 atom stereocenters. The molecule has 2 rings (SSSR count). The topological polar surface area (TPSA) is 30.5 Å². The number of rotatable bonds is 7. The number of hydrogen-bond donors (Lipinski definition) is 1. The molecular weight excluding hydrogens is 262 g/mol. The lowest BCUT2D eigenvalue weighted by Crippen LogP contribution is -2.49. The molecule has 3 nitrogen and oxygen atoms in total. The molecule has 2 unspecified atom stereocenters. The Morgan fingerprint density at radius 3 is 2.81 bits per heavy atom. The molecule has 1 N–H and O–H groups in total. The Bertz CT molecular complexity index is 445. The van der Waals surface area contributed by atoms with Crippen molar-refractivity contribution < 1.29 is 9.47 Å². The summed E-state index contributed by atoms with van der Waals surface area (Å²) >= 11 is 0. The van der Waals surface area contributed by atoms with Gasteiger partial charge in [-0.1, -0.05) is 25.1 Å². The van der Waals surface area contributed by atoms with Crippen molar-refractivity contribution in [1.82, 2.24) is 5.32 Å². The molecule has 1 aromatic rings. The van der Waals surface area contributed by atoms with Crippen LogP contribution in [-0.4, -0.2) is 31.4 Å². The Kier molecular flexibility index (Phi) is 5.65. The Labute approximate surface area is 129 Å². The van der Waals surface area contributed by atoms with Gasteiger partial charge in [0.15, 0.2) is 0 Å². The van der Waals surface area contributed by atoms with E-state index in [4.69, 9.17) is 9.47 Å². The maximum atomic E-state index is 5.98. The minimum atomic E-state index is -0.155. The molecule has 0 fully saturated rings. The zero-order valence-electron chi connectivity index (χ0n) is 13.8. The van der Waals surface area contributed by atoms with Crippen LogP contribution >= 0.6 is 0 Å². The lowest BCUT2D eigenvalue weighted by atomic mass is 9.82. The van der Waals surface area contributed by atoms with Crippen molar-refractivity contribution in [2.45, 2.75) is 58.1 Å². The summed E-state index contributed by atoms with van der Waals surface area (Å²) in [6, 6.07) is 8.79. The van der Waals surface area contributed by atoms with Gasteiger partial charge in [0.25, 0.3) is 0 Å². The molecule has 0 saturated heterocycles.